The summed E-state index contributed by atoms with van der Waals surface area (Å²) in [6, 6.07) is 20.4. The molecule has 0 bridgehead atoms. The summed E-state index contributed by atoms with van der Waals surface area (Å²) in [7, 11) is 1.61. The third-order valence-corrected chi connectivity index (χ3v) is 4.68. The fourth-order valence-corrected chi connectivity index (χ4v) is 2.95. The van der Waals surface area contributed by atoms with E-state index in [2.05, 4.69) is 10.3 Å². The lowest BCUT2D eigenvalue weighted by Crippen LogP contribution is -2.36. The SMILES string of the molecule is COc1ccc(NC(=O)N(CCc2ccccn2)Cc2ccccc2Cl)cc1. The molecule has 3 rings (SSSR count). The van der Waals surface area contributed by atoms with Crippen LogP contribution in [0.4, 0.5) is 10.5 Å². The van der Waals surface area contributed by atoms with Crippen LogP contribution in [0.25, 0.3) is 0 Å². The summed E-state index contributed by atoms with van der Waals surface area (Å²) < 4.78 is 5.16. The third kappa shape index (κ3) is 5.47. The van der Waals surface area contributed by atoms with Gasteiger partial charge in [-0.05, 0) is 48.0 Å². The lowest BCUT2D eigenvalue weighted by atomic mass is 10.2. The first-order valence-electron chi connectivity index (χ1n) is 8.99. The Hall–Kier alpha value is -3.05. The number of hydrogen-bond acceptors (Lipinski definition) is 3. The monoisotopic (exact) mass is 395 g/mol. The molecule has 28 heavy (non-hydrogen) atoms. The zero-order valence-corrected chi connectivity index (χ0v) is 16.4. The first-order chi connectivity index (χ1) is 13.7. The van der Waals surface area contributed by atoms with Crippen LogP contribution in [0, 0.1) is 0 Å². The molecule has 0 radical (unpaired) electrons. The maximum absolute atomic E-state index is 12.9. The minimum atomic E-state index is -0.194. The van der Waals surface area contributed by atoms with Crippen molar-refractivity contribution >= 4 is 23.3 Å². The molecular formula is C22H22ClN3O2. The first kappa shape index (κ1) is 19.7. The minimum absolute atomic E-state index is 0.194. The van der Waals surface area contributed by atoms with Crippen molar-refractivity contribution in [2.24, 2.45) is 0 Å². The number of anilines is 1. The van der Waals surface area contributed by atoms with Gasteiger partial charge in [0.25, 0.3) is 0 Å². The number of nitrogens with one attached hydrogen (secondary N) is 1. The number of benzene rings is 2. The van der Waals surface area contributed by atoms with Crippen molar-refractivity contribution in [3.63, 3.8) is 0 Å². The van der Waals surface area contributed by atoms with E-state index in [4.69, 9.17) is 16.3 Å². The van der Waals surface area contributed by atoms with Crippen LogP contribution in [0.5, 0.6) is 5.75 Å². The predicted molar refractivity (Wildman–Crippen MR) is 112 cm³/mol. The Morgan fingerprint density at radius 1 is 1.07 bits per heavy atom. The highest BCUT2D eigenvalue weighted by Crippen LogP contribution is 2.19. The molecule has 2 aromatic carbocycles. The van der Waals surface area contributed by atoms with E-state index in [1.807, 2.05) is 66.7 Å². The molecule has 1 N–H and O–H groups in total. The molecule has 0 saturated heterocycles. The van der Waals surface area contributed by atoms with Crippen LogP contribution < -0.4 is 10.1 Å². The van der Waals surface area contributed by atoms with Crippen LogP contribution in [0.2, 0.25) is 5.02 Å². The van der Waals surface area contributed by atoms with Gasteiger partial charge in [0, 0.05) is 42.1 Å². The molecule has 1 aromatic heterocycles. The maximum Gasteiger partial charge on any atom is 0.322 e. The number of nitrogens with zero attached hydrogens (tertiary/aromatic N) is 2. The van der Waals surface area contributed by atoms with Gasteiger partial charge in [0.1, 0.15) is 5.75 Å². The first-order valence-corrected chi connectivity index (χ1v) is 9.37. The number of amides is 2. The Kier molecular flexibility index (Phi) is 6.87. The second-order valence-electron chi connectivity index (χ2n) is 6.24. The number of aromatic nitrogens is 1. The number of carbonyl (C=O) groups excluding carboxylic acids is 1. The van der Waals surface area contributed by atoms with Crippen molar-refractivity contribution in [3.05, 3.63) is 89.2 Å². The fourth-order valence-electron chi connectivity index (χ4n) is 2.76. The number of rotatable bonds is 7. The predicted octanol–water partition coefficient (Wildman–Crippen LogP) is 5.02. The van der Waals surface area contributed by atoms with Crippen LogP contribution in [0.1, 0.15) is 11.3 Å². The lowest BCUT2D eigenvalue weighted by Gasteiger charge is -2.24. The van der Waals surface area contributed by atoms with E-state index in [-0.39, 0.29) is 6.03 Å². The molecule has 3 aromatic rings. The highest BCUT2D eigenvalue weighted by molar-refractivity contribution is 6.31. The average Bonchev–Trinajstić information content (AvgIpc) is 2.73. The van der Waals surface area contributed by atoms with E-state index >= 15 is 0 Å². The molecule has 0 aliphatic carbocycles. The molecule has 5 nitrogen and oxygen atoms in total. The number of pyridine rings is 1. The number of halogens is 1. The highest BCUT2D eigenvalue weighted by Gasteiger charge is 2.16. The Bertz CT molecular complexity index is 901. The number of carbonyl (C=O) groups is 1. The number of ether oxygens (including phenoxy) is 1. The molecule has 0 aliphatic heterocycles. The van der Waals surface area contributed by atoms with Gasteiger partial charge in [-0.1, -0.05) is 35.9 Å². The van der Waals surface area contributed by atoms with E-state index in [0.717, 1.165) is 17.0 Å². The Morgan fingerprint density at radius 2 is 1.82 bits per heavy atom. The second kappa shape index (κ2) is 9.76. The number of hydrogen-bond donors (Lipinski definition) is 1. The van der Waals surface area contributed by atoms with Crippen LogP contribution in [-0.4, -0.2) is 29.6 Å². The number of methoxy groups -OCH3 is 1. The minimum Gasteiger partial charge on any atom is -0.497 e. The van der Waals surface area contributed by atoms with Gasteiger partial charge in [0.05, 0.1) is 7.11 Å². The van der Waals surface area contributed by atoms with Crippen LogP contribution in [0.3, 0.4) is 0 Å². The van der Waals surface area contributed by atoms with Crippen molar-refractivity contribution in [2.75, 3.05) is 19.0 Å². The van der Waals surface area contributed by atoms with E-state index < -0.39 is 0 Å². The average molecular weight is 396 g/mol. The summed E-state index contributed by atoms with van der Waals surface area (Å²) in [6.07, 6.45) is 2.41. The Balaban J connectivity index is 1.73. The fraction of sp³-hybridized carbons (Fsp3) is 0.182. The molecule has 0 aliphatic rings. The van der Waals surface area contributed by atoms with Crippen molar-refractivity contribution in [2.45, 2.75) is 13.0 Å². The highest BCUT2D eigenvalue weighted by atomic mass is 35.5. The van der Waals surface area contributed by atoms with Gasteiger partial charge in [-0.25, -0.2) is 4.79 Å². The summed E-state index contributed by atoms with van der Waals surface area (Å²) in [5, 5.41) is 3.58. The number of urea groups is 1. The van der Waals surface area contributed by atoms with Gasteiger partial charge in [0.15, 0.2) is 0 Å². The van der Waals surface area contributed by atoms with Gasteiger partial charge >= 0.3 is 6.03 Å². The zero-order valence-electron chi connectivity index (χ0n) is 15.6. The molecule has 6 heteroatoms. The Labute approximate surface area is 169 Å². The van der Waals surface area contributed by atoms with Crippen molar-refractivity contribution in [1.29, 1.82) is 0 Å². The molecule has 0 spiro atoms. The molecule has 0 atom stereocenters. The summed E-state index contributed by atoms with van der Waals surface area (Å²) in [4.78, 5) is 19.0. The maximum atomic E-state index is 12.9. The van der Waals surface area contributed by atoms with E-state index in [9.17, 15) is 4.79 Å². The van der Waals surface area contributed by atoms with Gasteiger partial charge in [-0.3, -0.25) is 4.98 Å². The van der Waals surface area contributed by atoms with E-state index in [1.54, 1.807) is 18.2 Å². The normalized spacial score (nSPS) is 10.4. The lowest BCUT2D eigenvalue weighted by molar-refractivity contribution is 0.209. The van der Waals surface area contributed by atoms with Crippen molar-refractivity contribution < 1.29 is 9.53 Å². The molecule has 0 unspecified atom stereocenters. The van der Waals surface area contributed by atoms with Gasteiger partial charge in [-0.15, -0.1) is 0 Å². The van der Waals surface area contributed by atoms with Crippen LogP contribution >= 0.6 is 11.6 Å². The van der Waals surface area contributed by atoms with Gasteiger partial charge in [-0.2, -0.15) is 0 Å². The molecule has 0 fully saturated rings. The topological polar surface area (TPSA) is 54.5 Å². The molecule has 0 saturated carbocycles. The summed E-state index contributed by atoms with van der Waals surface area (Å²) in [6.45, 7) is 0.929. The quantitative estimate of drug-likeness (QED) is 0.611. The second-order valence-corrected chi connectivity index (χ2v) is 6.65. The summed E-state index contributed by atoms with van der Waals surface area (Å²) >= 11 is 6.30. The van der Waals surface area contributed by atoms with E-state index in [1.165, 1.54) is 0 Å². The summed E-state index contributed by atoms with van der Waals surface area (Å²) in [5.41, 5.74) is 2.53. The molecule has 2 amide bonds. The molecule has 1 heterocycles. The van der Waals surface area contributed by atoms with Gasteiger partial charge in [0.2, 0.25) is 0 Å². The zero-order chi connectivity index (χ0) is 19.8. The largest absolute Gasteiger partial charge is 0.497 e. The Morgan fingerprint density at radius 3 is 2.50 bits per heavy atom. The van der Waals surface area contributed by atoms with Gasteiger partial charge < -0.3 is 15.0 Å². The van der Waals surface area contributed by atoms with E-state index in [0.29, 0.717) is 30.2 Å². The standard InChI is InChI=1S/C22H22ClN3O2/c1-28-20-11-9-19(10-12-20)25-22(27)26(15-13-18-7-4-5-14-24-18)16-17-6-2-3-8-21(17)23/h2-12,14H,13,15-16H2,1H3,(H,25,27). The van der Waals surface area contributed by atoms with Crippen LogP contribution in [0.15, 0.2) is 72.9 Å². The van der Waals surface area contributed by atoms with Crippen molar-refractivity contribution in [3.8, 4) is 5.75 Å². The molecular weight excluding hydrogens is 374 g/mol. The van der Waals surface area contributed by atoms with Crippen molar-refractivity contribution in [1.82, 2.24) is 9.88 Å². The summed E-state index contributed by atoms with van der Waals surface area (Å²) in [5.74, 6) is 0.737. The van der Waals surface area contributed by atoms with Crippen LogP contribution in [-0.2, 0) is 13.0 Å². The third-order valence-electron chi connectivity index (χ3n) is 4.31. The molecule has 144 valence electrons. The smallest absolute Gasteiger partial charge is 0.322 e.